The Labute approximate surface area is 76.6 Å². The summed E-state index contributed by atoms with van der Waals surface area (Å²) in [5, 5.41) is 12.1. The minimum Gasteiger partial charge on any atom is -0.395 e. The molecule has 0 atom stereocenters. The largest absolute Gasteiger partial charge is 0.395 e. The van der Waals surface area contributed by atoms with Gasteiger partial charge in [0.25, 0.3) is 0 Å². The summed E-state index contributed by atoms with van der Waals surface area (Å²) in [6.07, 6.45) is 2.08. The summed E-state index contributed by atoms with van der Waals surface area (Å²) >= 11 is 0. The predicted molar refractivity (Wildman–Crippen MR) is 50.5 cm³/mol. The van der Waals surface area contributed by atoms with Crippen molar-refractivity contribution in [3.05, 3.63) is 5.69 Å². The molecule has 0 amide bonds. The molecule has 0 radical (unpaired) electrons. The molecule has 0 saturated carbocycles. The van der Waals surface area contributed by atoms with Gasteiger partial charge < -0.3 is 16.2 Å². The van der Waals surface area contributed by atoms with Crippen molar-refractivity contribution in [3.8, 4) is 0 Å². The number of imidazole rings is 1. The molecule has 2 heterocycles. The average molecular weight is 182 g/mol. The van der Waals surface area contributed by atoms with Gasteiger partial charge in [-0.1, -0.05) is 0 Å². The molecular weight excluding hydrogens is 168 g/mol. The molecular formula is C8H14N4O. The number of anilines is 2. The van der Waals surface area contributed by atoms with Gasteiger partial charge in [-0.05, 0) is 12.8 Å². The molecule has 0 spiro atoms. The number of nitrogens with one attached hydrogen (secondary N) is 1. The summed E-state index contributed by atoms with van der Waals surface area (Å²) < 4.78 is 1.83. The highest BCUT2D eigenvalue weighted by Gasteiger charge is 2.17. The van der Waals surface area contributed by atoms with E-state index in [0.717, 1.165) is 30.9 Å². The van der Waals surface area contributed by atoms with Gasteiger partial charge in [0.2, 0.25) is 5.95 Å². The van der Waals surface area contributed by atoms with Crippen LogP contribution >= 0.6 is 0 Å². The van der Waals surface area contributed by atoms with Gasteiger partial charge in [0, 0.05) is 6.54 Å². The molecule has 1 aromatic rings. The number of nitrogens with zero attached hydrogens (tertiary/aromatic N) is 2. The van der Waals surface area contributed by atoms with E-state index in [1.807, 2.05) is 4.57 Å². The third kappa shape index (κ3) is 1.35. The normalized spacial score (nSPS) is 15.2. The first-order valence-corrected chi connectivity index (χ1v) is 4.52. The van der Waals surface area contributed by atoms with Gasteiger partial charge in [-0.15, -0.1) is 0 Å². The van der Waals surface area contributed by atoms with Crippen LogP contribution in [0, 0.1) is 0 Å². The SMILES string of the molecule is Nc1nc2c(n1CCO)NCCC2. The fraction of sp³-hybridized carbons (Fsp3) is 0.625. The van der Waals surface area contributed by atoms with Crippen molar-refractivity contribution < 1.29 is 5.11 Å². The van der Waals surface area contributed by atoms with Gasteiger partial charge in [-0.25, -0.2) is 4.98 Å². The zero-order valence-electron chi connectivity index (χ0n) is 7.45. The van der Waals surface area contributed by atoms with Crippen LogP contribution in [0.15, 0.2) is 0 Å². The van der Waals surface area contributed by atoms with Crippen LogP contribution < -0.4 is 11.1 Å². The highest BCUT2D eigenvalue weighted by atomic mass is 16.3. The standard InChI is InChI=1S/C8H14N4O/c9-8-11-6-2-1-3-10-7(6)12(8)4-5-13/h10,13H,1-5H2,(H2,9,11). The number of fused-ring (bicyclic) bond motifs is 1. The first-order chi connectivity index (χ1) is 6.33. The number of aliphatic hydroxyl groups is 1. The number of aryl methyl sites for hydroxylation is 1. The van der Waals surface area contributed by atoms with Crippen LogP contribution in [0.4, 0.5) is 11.8 Å². The Morgan fingerprint density at radius 2 is 2.46 bits per heavy atom. The van der Waals surface area contributed by atoms with Crippen LogP contribution in [-0.2, 0) is 13.0 Å². The van der Waals surface area contributed by atoms with E-state index in [2.05, 4.69) is 10.3 Å². The van der Waals surface area contributed by atoms with Crippen molar-refractivity contribution >= 4 is 11.8 Å². The lowest BCUT2D eigenvalue weighted by molar-refractivity contribution is 0.277. The van der Waals surface area contributed by atoms with Crippen LogP contribution in [-0.4, -0.2) is 27.8 Å². The number of aliphatic hydroxyl groups excluding tert-OH is 1. The number of nitrogens with two attached hydrogens (primary N) is 1. The topological polar surface area (TPSA) is 76.1 Å². The molecule has 1 aromatic heterocycles. The van der Waals surface area contributed by atoms with Gasteiger partial charge in [0.15, 0.2) is 0 Å². The lowest BCUT2D eigenvalue weighted by Gasteiger charge is -2.15. The predicted octanol–water partition coefficient (Wildman–Crippen LogP) is -0.184. The third-order valence-corrected chi connectivity index (χ3v) is 2.28. The Morgan fingerprint density at radius 3 is 3.23 bits per heavy atom. The van der Waals surface area contributed by atoms with Crippen LogP contribution in [0.1, 0.15) is 12.1 Å². The second-order valence-corrected chi connectivity index (χ2v) is 3.17. The van der Waals surface area contributed by atoms with E-state index in [1.165, 1.54) is 0 Å². The van der Waals surface area contributed by atoms with Gasteiger partial charge in [-0.3, -0.25) is 4.57 Å². The molecule has 5 heteroatoms. The van der Waals surface area contributed by atoms with Crippen molar-refractivity contribution in [1.29, 1.82) is 0 Å². The molecule has 1 aliphatic heterocycles. The molecule has 13 heavy (non-hydrogen) atoms. The van der Waals surface area contributed by atoms with Crippen LogP contribution in [0.5, 0.6) is 0 Å². The summed E-state index contributed by atoms with van der Waals surface area (Å²) in [5.41, 5.74) is 6.73. The minimum absolute atomic E-state index is 0.0919. The van der Waals surface area contributed by atoms with Crippen LogP contribution in [0.25, 0.3) is 0 Å². The Balaban J connectivity index is 2.36. The molecule has 0 bridgehead atoms. The molecule has 0 saturated heterocycles. The van der Waals surface area contributed by atoms with Gasteiger partial charge in [0.05, 0.1) is 18.8 Å². The maximum Gasteiger partial charge on any atom is 0.202 e. The molecule has 72 valence electrons. The van der Waals surface area contributed by atoms with E-state index < -0.39 is 0 Å². The quantitative estimate of drug-likeness (QED) is 0.593. The lowest BCUT2D eigenvalue weighted by atomic mass is 10.2. The van der Waals surface area contributed by atoms with E-state index >= 15 is 0 Å². The molecule has 1 aliphatic rings. The highest BCUT2D eigenvalue weighted by Crippen LogP contribution is 2.23. The molecule has 0 aromatic carbocycles. The van der Waals surface area contributed by atoms with E-state index in [0.29, 0.717) is 12.5 Å². The summed E-state index contributed by atoms with van der Waals surface area (Å²) in [6.45, 7) is 1.57. The second-order valence-electron chi connectivity index (χ2n) is 3.17. The van der Waals surface area contributed by atoms with Crippen molar-refractivity contribution in [1.82, 2.24) is 9.55 Å². The number of rotatable bonds is 2. The molecule has 0 fully saturated rings. The minimum atomic E-state index is 0.0919. The third-order valence-electron chi connectivity index (χ3n) is 2.28. The average Bonchev–Trinajstić information content (AvgIpc) is 2.44. The van der Waals surface area contributed by atoms with Gasteiger partial charge in [-0.2, -0.15) is 0 Å². The number of hydrogen-bond donors (Lipinski definition) is 3. The Morgan fingerprint density at radius 1 is 1.62 bits per heavy atom. The fourth-order valence-corrected chi connectivity index (χ4v) is 1.68. The summed E-state index contributed by atoms with van der Waals surface area (Å²) in [4.78, 5) is 4.24. The number of nitrogen functional groups attached to an aromatic ring is 1. The van der Waals surface area contributed by atoms with Crippen LogP contribution in [0.2, 0.25) is 0 Å². The second kappa shape index (κ2) is 3.26. The molecule has 0 aliphatic carbocycles. The van der Waals surface area contributed by atoms with E-state index in [1.54, 1.807) is 0 Å². The summed E-state index contributed by atoms with van der Waals surface area (Å²) in [5.74, 6) is 1.48. The maximum atomic E-state index is 8.83. The maximum absolute atomic E-state index is 8.83. The summed E-state index contributed by atoms with van der Waals surface area (Å²) in [7, 11) is 0. The first-order valence-electron chi connectivity index (χ1n) is 4.52. The highest BCUT2D eigenvalue weighted by molar-refractivity contribution is 5.50. The van der Waals surface area contributed by atoms with Crippen molar-refractivity contribution in [3.63, 3.8) is 0 Å². The van der Waals surface area contributed by atoms with Crippen molar-refractivity contribution in [2.75, 3.05) is 24.2 Å². The number of aromatic nitrogens is 2. The zero-order valence-corrected chi connectivity index (χ0v) is 7.45. The Hall–Kier alpha value is -1.23. The first kappa shape index (κ1) is 8.37. The molecule has 2 rings (SSSR count). The summed E-state index contributed by atoms with van der Waals surface area (Å²) in [6, 6.07) is 0. The molecule has 5 nitrogen and oxygen atoms in total. The smallest absolute Gasteiger partial charge is 0.202 e. The lowest BCUT2D eigenvalue weighted by Crippen LogP contribution is -2.16. The van der Waals surface area contributed by atoms with E-state index in [-0.39, 0.29) is 6.61 Å². The Kier molecular flexibility index (Phi) is 2.10. The fourth-order valence-electron chi connectivity index (χ4n) is 1.68. The van der Waals surface area contributed by atoms with E-state index in [9.17, 15) is 0 Å². The zero-order chi connectivity index (χ0) is 9.26. The molecule has 4 N–H and O–H groups in total. The Bertz CT molecular complexity index is 307. The van der Waals surface area contributed by atoms with Crippen molar-refractivity contribution in [2.24, 2.45) is 0 Å². The van der Waals surface area contributed by atoms with Crippen molar-refractivity contribution in [2.45, 2.75) is 19.4 Å². The number of hydrogen-bond acceptors (Lipinski definition) is 4. The monoisotopic (exact) mass is 182 g/mol. The van der Waals surface area contributed by atoms with Crippen LogP contribution in [0.3, 0.4) is 0 Å². The van der Waals surface area contributed by atoms with E-state index in [4.69, 9.17) is 10.8 Å². The van der Waals surface area contributed by atoms with Gasteiger partial charge >= 0.3 is 0 Å². The van der Waals surface area contributed by atoms with Gasteiger partial charge in [0.1, 0.15) is 5.82 Å². The molecule has 0 unspecified atom stereocenters.